The molecule has 2 N–H and O–H groups in total. The van der Waals surface area contributed by atoms with E-state index in [-0.39, 0.29) is 4.90 Å². The van der Waals surface area contributed by atoms with E-state index >= 15 is 0 Å². The fourth-order valence-corrected chi connectivity index (χ4v) is 2.38. The average Bonchev–Trinajstić information content (AvgIpc) is 2.90. The highest BCUT2D eigenvalue weighted by Crippen LogP contribution is 2.20. The van der Waals surface area contributed by atoms with E-state index < -0.39 is 10.0 Å². The van der Waals surface area contributed by atoms with Crippen LogP contribution in [0.5, 0.6) is 0 Å². The summed E-state index contributed by atoms with van der Waals surface area (Å²) in [4.78, 5) is 0.201. The van der Waals surface area contributed by atoms with Crippen molar-refractivity contribution in [3.05, 3.63) is 42.3 Å². The van der Waals surface area contributed by atoms with Crippen molar-refractivity contribution >= 4 is 15.7 Å². The lowest BCUT2D eigenvalue weighted by Gasteiger charge is -2.10. The predicted octanol–water partition coefficient (Wildman–Crippen LogP) is 1.19. The molecule has 0 atom stereocenters. The summed E-state index contributed by atoms with van der Waals surface area (Å²) in [6.07, 6.45) is 1.53. The van der Waals surface area contributed by atoms with Crippen LogP contribution in [0.2, 0.25) is 0 Å². The monoisotopic (exact) mass is 267 g/mol. The van der Waals surface area contributed by atoms with Crippen molar-refractivity contribution in [3.8, 4) is 0 Å². The van der Waals surface area contributed by atoms with Gasteiger partial charge in [-0.05, 0) is 19.2 Å². The Labute approximate surface area is 105 Å². The van der Waals surface area contributed by atoms with E-state index in [1.165, 1.54) is 19.3 Å². The average molecular weight is 267 g/mol. The SMILES string of the molecule is CNS(=O)(=O)c1ccccc1NCc1ccno1. The fraction of sp³-hybridized carbons (Fsp3) is 0.182. The Bertz CT molecular complexity index is 608. The lowest BCUT2D eigenvalue weighted by atomic mass is 10.3. The van der Waals surface area contributed by atoms with Gasteiger partial charge in [0.05, 0.1) is 18.4 Å². The maximum atomic E-state index is 11.8. The van der Waals surface area contributed by atoms with Crippen LogP contribution in [0.15, 0.2) is 45.9 Å². The van der Waals surface area contributed by atoms with Gasteiger partial charge in [-0.2, -0.15) is 0 Å². The van der Waals surface area contributed by atoms with Gasteiger partial charge < -0.3 is 9.84 Å². The van der Waals surface area contributed by atoms with Crippen molar-refractivity contribution in [3.63, 3.8) is 0 Å². The summed E-state index contributed by atoms with van der Waals surface area (Å²) < 4.78 is 30.8. The molecule has 0 aliphatic heterocycles. The van der Waals surface area contributed by atoms with E-state index in [0.717, 1.165) is 0 Å². The molecule has 1 aromatic carbocycles. The number of para-hydroxylation sites is 1. The fourth-order valence-electron chi connectivity index (χ4n) is 1.47. The quantitative estimate of drug-likeness (QED) is 0.850. The molecule has 7 heteroatoms. The molecule has 96 valence electrons. The maximum absolute atomic E-state index is 11.8. The molecule has 0 saturated heterocycles. The van der Waals surface area contributed by atoms with Crippen LogP contribution < -0.4 is 10.0 Å². The smallest absolute Gasteiger partial charge is 0.242 e. The third kappa shape index (κ3) is 2.69. The molecule has 2 rings (SSSR count). The Morgan fingerprint density at radius 3 is 2.72 bits per heavy atom. The van der Waals surface area contributed by atoms with E-state index in [4.69, 9.17) is 4.52 Å². The topological polar surface area (TPSA) is 84.2 Å². The second-order valence-electron chi connectivity index (χ2n) is 3.54. The molecule has 0 amide bonds. The number of aromatic nitrogens is 1. The maximum Gasteiger partial charge on any atom is 0.242 e. The van der Waals surface area contributed by atoms with Gasteiger partial charge in [-0.1, -0.05) is 17.3 Å². The Balaban J connectivity index is 2.23. The molecule has 0 radical (unpaired) electrons. The first-order valence-corrected chi connectivity index (χ1v) is 6.78. The van der Waals surface area contributed by atoms with E-state index in [2.05, 4.69) is 15.2 Å². The number of nitrogens with zero attached hydrogens (tertiary/aromatic N) is 1. The van der Waals surface area contributed by atoms with Gasteiger partial charge in [-0.25, -0.2) is 13.1 Å². The first kappa shape index (κ1) is 12.6. The highest BCUT2D eigenvalue weighted by Gasteiger charge is 2.15. The first-order valence-electron chi connectivity index (χ1n) is 5.29. The highest BCUT2D eigenvalue weighted by molar-refractivity contribution is 7.89. The lowest BCUT2D eigenvalue weighted by molar-refractivity contribution is 0.388. The van der Waals surface area contributed by atoms with Crippen molar-refractivity contribution in [1.82, 2.24) is 9.88 Å². The zero-order chi connectivity index (χ0) is 13.0. The summed E-state index contributed by atoms with van der Waals surface area (Å²) >= 11 is 0. The summed E-state index contributed by atoms with van der Waals surface area (Å²) in [7, 11) is -2.10. The molecule has 0 spiro atoms. The Morgan fingerprint density at radius 1 is 1.28 bits per heavy atom. The first-order chi connectivity index (χ1) is 8.63. The van der Waals surface area contributed by atoms with Gasteiger partial charge in [0.15, 0.2) is 5.76 Å². The van der Waals surface area contributed by atoms with Gasteiger partial charge in [0.25, 0.3) is 0 Å². The van der Waals surface area contributed by atoms with E-state index in [0.29, 0.717) is 18.0 Å². The van der Waals surface area contributed by atoms with Crippen molar-refractivity contribution in [2.24, 2.45) is 0 Å². The van der Waals surface area contributed by atoms with Crippen molar-refractivity contribution in [2.75, 3.05) is 12.4 Å². The van der Waals surface area contributed by atoms with Gasteiger partial charge in [0.1, 0.15) is 4.90 Å². The number of anilines is 1. The van der Waals surface area contributed by atoms with Crippen LogP contribution in [0.4, 0.5) is 5.69 Å². The summed E-state index contributed by atoms with van der Waals surface area (Å²) in [5, 5.41) is 6.58. The molecule has 1 heterocycles. The second kappa shape index (κ2) is 5.19. The van der Waals surface area contributed by atoms with Gasteiger partial charge in [0, 0.05) is 6.07 Å². The van der Waals surface area contributed by atoms with Crippen LogP contribution in [-0.4, -0.2) is 20.6 Å². The third-order valence-electron chi connectivity index (χ3n) is 2.39. The summed E-state index contributed by atoms with van der Waals surface area (Å²) in [5.41, 5.74) is 0.517. The Morgan fingerprint density at radius 2 is 2.06 bits per heavy atom. The van der Waals surface area contributed by atoms with Gasteiger partial charge in [0.2, 0.25) is 10.0 Å². The van der Waals surface area contributed by atoms with Crippen LogP contribution in [0.25, 0.3) is 0 Å². The molecule has 2 aromatic rings. The van der Waals surface area contributed by atoms with Crippen molar-refractivity contribution in [1.29, 1.82) is 0 Å². The predicted molar refractivity (Wildman–Crippen MR) is 66.5 cm³/mol. The summed E-state index contributed by atoms with van der Waals surface area (Å²) in [5.74, 6) is 0.631. The Hall–Kier alpha value is -1.86. The number of benzene rings is 1. The molecule has 0 unspecified atom stereocenters. The molecule has 0 saturated carbocycles. The number of hydrogen-bond donors (Lipinski definition) is 2. The Kier molecular flexibility index (Phi) is 3.63. The van der Waals surface area contributed by atoms with E-state index in [1.54, 1.807) is 24.3 Å². The number of nitrogens with one attached hydrogen (secondary N) is 2. The number of sulfonamides is 1. The standard InChI is InChI=1S/C11H13N3O3S/c1-12-18(15,16)11-5-3-2-4-10(11)13-8-9-6-7-14-17-9/h2-7,12-13H,8H2,1H3. The molecule has 1 aromatic heterocycles. The molecular formula is C11H13N3O3S. The van der Waals surface area contributed by atoms with Crippen molar-refractivity contribution in [2.45, 2.75) is 11.4 Å². The summed E-state index contributed by atoms with van der Waals surface area (Å²) in [6.45, 7) is 0.371. The molecule has 0 aliphatic rings. The minimum Gasteiger partial charge on any atom is -0.377 e. The van der Waals surface area contributed by atoms with Crippen LogP contribution in [-0.2, 0) is 16.6 Å². The normalized spacial score (nSPS) is 11.4. The molecule has 0 fully saturated rings. The second-order valence-corrected chi connectivity index (χ2v) is 5.39. The van der Waals surface area contributed by atoms with Crippen LogP contribution in [0, 0.1) is 0 Å². The number of rotatable bonds is 5. The zero-order valence-corrected chi connectivity index (χ0v) is 10.6. The zero-order valence-electron chi connectivity index (χ0n) is 9.75. The molecule has 0 bridgehead atoms. The van der Waals surface area contributed by atoms with Crippen LogP contribution >= 0.6 is 0 Å². The number of hydrogen-bond acceptors (Lipinski definition) is 5. The van der Waals surface area contributed by atoms with E-state index in [1.807, 2.05) is 0 Å². The summed E-state index contributed by atoms with van der Waals surface area (Å²) in [6, 6.07) is 8.37. The van der Waals surface area contributed by atoms with E-state index in [9.17, 15) is 8.42 Å². The van der Waals surface area contributed by atoms with Crippen molar-refractivity contribution < 1.29 is 12.9 Å². The van der Waals surface area contributed by atoms with Crippen LogP contribution in [0.1, 0.15) is 5.76 Å². The highest BCUT2D eigenvalue weighted by atomic mass is 32.2. The third-order valence-corrected chi connectivity index (χ3v) is 3.86. The minimum absolute atomic E-state index is 0.201. The molecule has 18 heavy (non-hydrogen) atoms. The largest absolute Gasteiger partial charge is 0.377 e. The lowest BCUT2D eigenvalue weighted by Crippen LogP contribution is -2.20. The minimum atomic E-state index is -3.48. The van der Waals surface area contributed by atoms with Gasteiger partial charge >= 0.3 is 0 Å². The molecule has 0 aliphatic carbocycles. The molecule has 6 nitrogen and oxygen atoms in total. The van der Waals surface area contributed by atoms with Gasteiger partial charge in [-0.15, -0.1) is 0 Å². The van der Waals surface area contributed by atoms with Crippen LogP contribution in [0.3, 0.4) is 0 Å². The van der Waals surface area contributed by atoms with Gasteiger partial charge in [-0.3, -0.25) is 0 Å². The molecular weight excluding hydrogens is 254 g/mol.